The van der Waals surface area contributed by atoms with Crippen molar-refractivity contribution in [3.8, 4) is 0 Å². The van der Waals surface area contributed by atoms with Crippen molar-refractivity contribution in [3.63, 3.8) is 0 Å². The third-order valence-electron chi connectivity index (χ3n) is 3.70. The predicted octanol–water partition coefficient (Wildman–Crippen LogP) is 1.97. The van der Waals surface area contributed by atoms with Crippen LogP contribution in [0.4, 0.5) is 0 Å². The molecular weight excluding hydrogens is 308 g/mol. The lowest BCUT2D eigenvalue weighted by molar-refractivity contribution is 0.00858. The van der Waals surface area contributed by atoms with Crippen molar-refractivity contribution < 1.29 is 13.2 Å². The van der Waals surface area contributed by atoms with Gasteiger partial charge in [-0.25, -0.2) is 8.42 Å². The van der Waals surface area contributed by atoms with Crippen LogP contribution in [0.15, 0.2) is 11.0 Å². The summed E-state index contributed by atoms with van der Waals surface area (Å²) in [5.41, 5.74) is 0. The van der Waals surface area contributed by atoms with Gasteiger partial charge in [0, 0.05) is 36.5 Å². The maximum absolute atomic E-state index is 12.7. The van der Waals surface area contributed by atoms with Crippen LogP contribution in [0.2, 0.25) is 0 Å². The van der Waals surface area contributed by atoms with Crippen LogP contribution in [0, 0.1) is 6.92 Å². The Kier molecular flexibility index (Phi) is 5.79. The SMILES string of the molecule is CNCc1cc(S(=O)(=O)N(C)CC2CCCCO2)c(C)s1. The van der Waals surface area contributed by atoms with Crippen LogP contribution < -0.4 is 5.32 Å². The highest BCUT2D eigenvalue weighted by Crippen LogP contribution is 2.28. The van der Waals surface area contributed by atoms with Crippen LogP contribution >= 0.6 is 11.3 Å². The lowest BCUT2D eigenvalue weighted by Crippen LogP contribution is -2.37. The summed E-state index contributed by atoms with van der Waals surface area (Å²) >= 11 is 1.53. The van der Waals surface area contributed by atoms with Gasteiger partial charge in [-0.2, -0.15) is 4.31 Å². The second-order valence-electron chi connectivity index (χ2n) is 5.44. The number of nitrogens with zero attached hydrogens (tertiary/aromatic N) is 1. The highest BCUT2D eigenvalue weighted by Gasteiger charge is 2.27. The summed E-state index contributed by atoms with van der Waals surface area (Å²) in [7, 11) is 0.0674. The monoisotopic (exact) mass is 332 g/mol. The summed E-state index contributed by atoms with van der Waals surface area (Å²) in [5.74, 6) is 0. The molecule has 1 fully saturated rings. The van der Waals surface area contributed by atoms with Gasteiger partial charge in [-0.1, -0.05) is 0 Å². The molecule has 2 heterocycles. The fourth-order valence-corrected chi connectivity index (χ4v) is 5.36. The minimum absolute atomic E-state index is 0.0224. The topological polar surface area (TPSA) is 58.6 Å². The number of aryl methyl sites for hydroxylation is 1. The van der Waals surface area contributed by atoms with E-state index < -0.39 is 10.0 Å². The molecule has 2 rings (SSSR count). The summed E-state index contributed by atoms with van der Waals surface area (Å²) in [6.45, 7) is 3.72. The Hall–Kier alpha value is -0.470. The van der Waals surface area contributed by atoms with E-state index >= 15 is 0 Å². The summed E-state index contributed by atoms with van der Waals surface area (Å²) in [5, 5.41) is 3.05. The van der Waals surface area contributed by atoms with Crippen molar-refractivity contribution in [2.24, 2.45) is 0 Å². The summed E-state index contributed by atoms with van der Waals surface area (Å²) in [4.78, 5) is 2.31. The average molecular weight is 332 g/mol. The largest absolute Gasteiger partial charge is 0.377 e. The van der Waals surface area contributed by atoms with Crippen LogP contribution in [-0.2, 0) is 21.3 Å². The van der Waals surface area contributed by atoms with Gasteiger partial charge in [0.2, 0.25) is 10.0 Å². The van der Waals surface area contributed by atoms with E-state index in [4.69, 9.17) is 4.74 Å². The van der Waals surface area contributed by atoms with Crippen molar-refractivity contribution >= 4 is 21.4 Å². The first kappa shape index (κ1) is 16.9. The molecule has 0 aromatic carbocycles. The van der Waals surface area contributed by atoms with Crippen molar-refractivity contribution in [3.05, 3.63) is 15.8 Å². The molecule has 0 radical (unpaired) electrons. The molecule has 0 aliphatic carbocycles. The molecule has 1 atom stereocenters. The van der Waals surface area contributed by atoms with Crippen LogP contribution in [0.3, 0.4) is 0 Å². The Morgan fingerprint density at radius 2 is 2.24 bits per heavy atom. The van der Waals surface area contributed by atoms with Gasteiger partial charge >= 0.3 is 0 Å². The zero-order chi connectivity index (χ0) is 15.5. The molecular formula is C14H24N2O3S2. The molecule has 0 bridgehead atoms. The van der Waals surface area contributed by atoms with Crippen LogP contribution in [-0.4, -0.2) is 46.1 Å². The van der Waals surface area contributed by atoms with Gasteiger partial charge in [-0.05, 0) is 39.3 Å². The molecule has 1 aromatic rings. The third kappa shape index (κ3) is 4.04. The molecule has 0 spiro atoms. The first-order valence-electron chi connectivity index (χ1n) is 7.27. The number of sulfonamides is 1. The van der Waals surface area contributed by atoms with E-state index in [2.05, 4.69) is 5.32 Å². The highest BCUT2D eigenvalue weighted by atomic mass is 32.2. The van der Waals surface area contributed by atoms with Crippen molar-refractivity contribution in [1.82, 2.24) is 9.62 Å². The normalized spacial score (nSPS) is 20.1. The molecule has 7 heteroatoms. The van der Waals surface area contributed by atoms with Gasteiger partial charge in [-0.3, -0.25) is 0 Å². The predicted molar refractivity (Wildman–Crippen MR) is 85.2 cm³/mol. The summed E-state index contributed by atoms with van der Waals surface area (Å²) < 4.78 is 32.5. The molecule has 1 saturated heterocycles. The van der Waals surface area contributed by atoms with Crippen molar-refractivity contribution in [2.45, 2.75) is 43.7 Å². The zero-order valence-corrected chi connectivity index (χ0v) is 14.5. The number of hydrogen-bond acceptors (Lipinski definition) is 5. The van der Waals surface area contributed by atoms with E-state index in [0.717, 1.165) is 35.6 Å². The zero-order valence-electron chi connectivity index (χ0n) is 12.9. The van der Waals surface area contributed by atoms with Crippen LogP contribution in [0.25, 0.3) is 0 Å². The first-order valence-corrected chi connectivity index (χ1v) is 9.52. The summed E-state index contributed by atoms with van der Waals surface area (Å²) in [6, 6.07) is 1.78. The smallest absolute Gasteiger partial charge is 0.244 e. The molecule has 21 heavy (non-hydrogen) atoms. The molecule has 1 N–H and O–H groups in total. The first-order chi connectivity index (χ1) is 9.95. The molecule has 5 nitrogen and oxygen atoms in total. The Morgan fingerprint density at radius 1 is 1.48 bits per heavy atom. The number of nitrogens with one attached hydrogen (secondary N) is 1. The van der Waals surface area contributed by atoms with Crippen molar-refractivity contribution in [2.75, 3.05) is 27.2 Å². The lowest BCUT2D eigenvalue weighted by atomic mass is 10.1. The standard InChI is InChI=1S/C14H24N2O3S2/c1-11-14(8-13(20-11)9-15-2)21(17,18)16(3)10-12-6-4-5-7-19-12/h8,12,15H,4-7,9-10H2,1-3H3. The van der Waals surface area contributed by atoms with Crippen LogP contribution in [0.5, 0.6) is 0 Å². The van der Waals surface area contributed by atoms with E-state index in [9.17, 15) is 8.42 Å². The maximum Gasteiger partial charge on any atom is 0.244 e. The minimum Gasteiger partial charge on any atom is -0.377 e. The van der Waals surface area contributed by atoms with Crippen LogP contribution in [0.1, 0.15) is 29.0 Å². The number of likely N-dealkylation sites (N-methyl/N-ethyl adjacent to an activating group) is 1. The number of ether oxygens (including phenoxy) is 1. The highest BCUT2D eigenvalue weighted by molar-refractivity contribution is 7.89. The van der Waals surface area contributed by atoms with Gasteiger partial charge in [0.25, 0.3) is 0 Å². The molecule has 0 saturated carbocycles. The fraction of sp³-hybridized carbons (Fsp3) is 0.714. The van der Waals surface area contributed by atoms with E-state index in [-0.39, 0.29) is 6.10 Å². The van der Waals surface area contributed by atoms with E-state index in [0.29, 0.717) is 18.0 Å². The molecule has 0 amide bonds. The number of rotatable bonds is 6. The molecule has 1 aliphatic heterocycles. The molecule has 1 aromatic heterocycles. The van der Waals surface area contributed by atoms with E-state index in [1.807, 2.05) is 14.0 Å². The maximum atomic E-state index is 12.7. The average Bonchev–Trinajstić information content (AvgIpc) is 2.82. The summed E-state index contributed by atoms with van der Waals surface area (Å²) in [6.07, 6.45) is 3.15. The lowest BCUT2D eigenvalue weighted by Gasteiger charge is -2.27. The van der Waals surface area contributed by atoms with Gasteiger partial charge in [0.1, 0.15) is 0 Å². The minimum atomic E-state index is -3.43. The molecule has 1 unspecified atom stereocenters. The van der Waals surface area contributed by atoms with E-state index in [1.165, 1.54) is 15.6 Å². The molecule has 120 valence electrons. The Balaban J connectivity index is 2.12. The number of hydrogen-bond donors (Lipinski definition) is 1. The Labute approximate surface area is 131 Å². The Bertz CT molecular complexity index is 563. The van der Waals surface area contributed by atoms with E-state index in [1.54, 1.807) is 13.1 Å². The Morgan fingerprint density at radius 3 is 2.86 bits per heavy atom. The van der Waals surface area contributed by atoms with Gasteiger partial charge in [0.05, 0.1) is 11.0 Å². The van der Waals surface area contributed by atoms with Gasteiger partial charge < -0.3 is 10.1 Å². The van der Waals surface area contributed by atoms with Crippen molar-refractivity contribution in [1.29, 1.82) is 0 Å². The van der Waals surface area contributed by atoms with Gasteiger partial charge in [0.15, 0.2) is 0 Å². The number of thiophene rings is 1. The third-order valence-corrected chi connectivity index (χ3v) is 6.83. The fourth-order valence-electron chi connectivity index (χ4n) is 2.55. The van der Waals surface area contributed by atoms with Gasteiger partial charge in [-0.15, -0.1) is 11.3 Å². The second kappa shape index (κ2) is 7.19. The quantitative estimate of drug-likeness (QED) is 0.865. The second-order valence-corrected chi connectivity index (χ2v) is 8.79. The molecule has 1 aliphatic rings.